The number of Topliss-reactive ketones (excluding diaryl/α,β-unsaturated/α-hetero) is 2. The Hall–Kier alpha value is -10.8. The number of nitriles is 4. The van der Waals surface area contributed by atoms with Crippen LogP contribution in [-0.2, 0) is 10.8 Å². The molecule has 0 atom stereocenters. The van der Waals surface area contributed by atoms with Gasteiger partial charge in [0, 0.05) is 52.6 Å². The highest BCUT2D eigenvalue weighted by Gasteiger charge is 2.52. The van der Waals surface area contributed by atoms with Gasteiger partial charge in [-0.15, -0.1) is 22.7 Å². The standard InChI is InChI=1S/C78H46N4O2S2/c1-43-13-21-51(22-14-43)77(52-23-15-44(2)16-24-52)67-31-47-29-55(33-65-73(49(39-79)40-80)57-9-5-7-11-59(57)75(65)83)85-71(47)37-63(67)61-36-70-62(35-69(61)77)64-38-72-48(32-68(64)78(70,53-25-17-45(3)18-26-53)54-27-19-46(4)20-28-54)30-56(86-72)34-66-74(50(41-81)42-82)58-10-6-8-12-60(58)76(66)84/h5-38H,1-4H3/b65-33-,66-34?. The van der Waals surface area contributed by atoms with E-state index in [1.807, 2.05) is 24.3 Å². The molecule has 0 N–H and O–H groups in total. The van der Waals surface area contributed by atoms with Crippen molar-refractivity contribution in [2.45, 2.75) is 38.5 Å². The number of carbonyl (C=O) groups is 2. The molecule has 2 heterocycles. The molecule has 0 bridgehead atoms. The van der Waals surface area contributed by atoms with Gasteiger partial charge < -0.3 is 0 Å². The van der Waals surface area contributed by atoms with Crippen LogP contribution < -0.4 is 0 Å². The maximum atomic E-state index is 14.3. The molecule has 0 fully saturated rings. The van der Waals surface area contributed by atoms with Crippen LogP contribution in [0.2, 0.25) is 0 Å². The number of carbonyl (C=O) groups excluding carboxylic acids is 2. The van der Waals surface area contributed by atoms with Gasteiger partial charge in [0.25, 0.3) is 0 Å². The Morgan fingerprint density at radius 3 is 0.965 bits per heavy atom. The lowest BCUT2D eigenvalue weighted by molar-refractivity contribution is 0.103. The zero-order chi connectivity index (χ0) is 58.9. The van der Waals surface area contributed by atoms with Gasteiger partial charge in [-0.3, -0.25) is 9.59 Å². The highest BCUT2D eigenvalue weighted by Crippen LogP contribution is 2.64. The molecular formula is C78H46N4O2S2. The zero-order valence-corrected chi connectivity index (χ0v) is 48.7. The lowest BCUT2D eigenvalue weighted by Gasteiger charge is -2.36. The largest absolute Gasteiger partial charge is 0.289 e. The molecule has 6 nitrogen and oxygen atoms in total. The summed E-state index contributed by atoms with van der Waals surface area (Å²) in [5.74, 6) is -0.429. The molecule has 0 amide bonds. The van der Waals surface area contributed by atoms with Gasteiger partial charge in [0.15, 0.2) is 11.6 Å². The van der Waals surface area contributed by atoms with E-state index in [4.69, 9.17) is 0 Å². The van der Waals surface area contributed by atoms with E-state index in [0.29, 0.717) is 44.5 Å². The summed E-state index contributed by atoms with van der Waals surface area (Å²) in [6.45, 7) is 8.49. The van der Waals surface area contributed by atoms with E-state index in [2.05, 4.69) is 198 Å². The second-order valence-corrected chi connectivity index (χ2v) is 25.1. The van der Waals surface area contributed by atoms with E-state index in [1.165, 1.54) is 0 Å². The van der Waals surface area contributed by atoms with Gasteiger partial charge in [0.2, 0.25) is 0 Å². The predicted molar refractivity (Wildman–Crippen MR) is 345 cm³/mol. The first-order valence-corrected chi connectivity index (χ1v) is 30.0. The van der Waals surface area contributed by atoms with Gasteiger partial charge in [0.1, 0.15) is 35.4 Å². The minimum Gasteiger partial charge on any atom is -0.289 e. The number of hydrogen-bond donors (Lipinski definition) is 0. The number of allylic oxidation sites excluding steroid dienone is 6. The molecular weight excluding hydrogens is 1090 g/mol. The predicted octanol–water partition coefficient (Wildman–Crippen LogP) is 18.2. The quantitative estimate of drug-likeness (QED) is 0.120. The molecule has 4 aliphatic carbocycles. The third-order valence-corrected chi connectivity index (χ3v) is 20.2. The molecule has 402 valence electrons. The van der Waals surface area contributed by atoms with Gasteiger partial charge in [-0.25, -0.2) is 0 Å². The van der Waals surface area contributed by atoms with Gasteiger partial charge in [-0.05, 0) is 177 Å². The summed E-state index contributed by atoms with van der Waals surface area (Å²) in [5.41, 5.74) is 19.7. The Balaban J connectivity index is 1.02. The highest BCUT2D eigenvalue weighted by atomic mass is 32.1. The SMILES string of the molecule is Cc1ccc(C2(c3ccc(C)cc3)c3cc4c(cc3-c3cc5sc(C=C6C(=O)c7ccccc7C6=C(C#N)C#N)cc5cc32)C(c2ccc(C)cc2)(c2ccc(C)cc2)c2cc3cc(/C=C5\C(=O)c6ccccc6C5=C(C#N)C#N)sc3cc2-4)cc1. The van der Waals surface area contributed by atoms with E-state index in [9.17, 15) is 30.6 Å². The third kappa shape index (κ3) is 7.38. The summed E-state index contributed by atoms with van der Waals surface area (Å²) < 4.78 is 2.06. The van der Waals surface area contributed by atoms with Crippen LogP contribution >= 0.6 is 22.7 Å². The Morgan fingerprint density at radius 2 is 0.651 bits per heavy atom. The number of thiophene rings is 2. The van der Waals surface area contributed by atoms with Gasteiger partial charge in [-0.2, -0.15) is 21.0 Å². The molecule has 0 unspecified atom stereocenters. The fourth-order valence-corrected chi connectivity index (χ4v) is 16.2. The van der Waals surface area contributed by atoms with Crippen molar-refractivity contribution in [2.75, 3.05) is 0 Å². The van der Waals surface area contributed by atoms with Crippen molar-refractivity contribution in [3.63, 3.8) is 0 Å². The summed E-state index contributed by atoms with van der Waals surface area (Å²) in [7, 11) is 0. The van der Waals surface area contributed by atoms with Crippen molar-refractivity contribution in [2.24, 2.45) is 0 Å². The molecule has 11 aromatic rings. The topological polar surface area (TPSA) is 129 Å². The summed E-state index contributed by atoms with van der Waals surface area (Å²) >= 11 is 3.17. The van der Waals surface area contributed by atoms with Crippen LogP contribution in [0.25, 0.3) is 65.7 Å². The fraction of sp³-hybridized carbons (Fsp3) is 0.0769. The molecule has 15 rings (SSSR count). The zero-order valence-electron chi connectivity index (χ0n) is 47.1. The first-order valence-electron chi connectivity index (χ1n) is 28.3. The third-order valence-electron chi connectivity index (χ3n) is 18.1. The normalized spacial score (nSPS) is 15.4. The van der Waals surface area contributed by atoms with Gasteiger partial charge in [0.05, 0.1) is 10.8 Å². The highest BCUT2D eigenvalue weighted by molar-refractivity contribution is 7.20. The summed E-state index contributed by atoms with van der Waals surface area (Å²) in [6.07, 6.45) is 3.72. The molecule has 0 spiro atoms. The molecule has 0 saturated carbocycles. The van der Waals surface area contributed by atoms with Crippen molar-refractivity contribution < 1.29 is 9.59 Å². The average molecular weight is 1140 g/mol. The van der Waals surface area contributed by atoms with E-state index < -0.39 is 10.8 Å². The van der Waals surface area contributed by atoms with E-state index in [0.717, 1.165) is 119 Å². The summed E-state index contributed by atoms with van der Waals surface area (Å²) in [5, 5.41) is 42.8. The number of ketones is 2. The van der Waals surface area contributed by atoms with Gasteiger partial charge >= 0.3 is 0 Å². The van der Waals surface area contributed by atoms with Gasteiger partial charge in [-0.1, -0.05) is 168 Å². The molecule has 0 aliphatic heterocycles. The molecule has 0 saturated heterocycles. The number of fused-ring (bicyclic) bond motifs is 10. The lowest BCUT2D eigenvalue weighted by atomic mass is 9.65. The lowest BCUT2D eigenvalue weighted by Crippen LogP contribution is -2.30. The summed E-state index contributed by atoms with van der Waals surface area (Å²) in [6, 6.07) is 77.1. The van der Waals surface area contributed by atoms with Crippen LogP contribution in [0, 0.1) is 73.0 Å². The van der Waals surface area contributed by atoms with Crippen molar-refractivity contribution in [3.8, 4) is 46.5 Å². The van der Waals surface area contributed by atoms with Crippen LogP contribution in [0.4, 0.5) is 0 Å². The number of benzene rings is 9. The second-order valence-electron chi connectivity index (χ2n) is 22.9. The molecule has 9 aromatic carbocycles. The number of nitrogens with zero attached hydrogens (tertiary/aromatic N) is 4. The van der Waals surface area contributed by atoms with Crippen molar-refractivity contribution in [1.82, 2.24) is 0 Å². The van der Waals surface area contributed by atoms with E-state index in [-0.39, 0.29) is 22.7 Å². The van der Waals surface area contributed by atoms with Crippen molar-refractivity contribution >= 4 is 77.7 Å². The van der Waals surface area contributed by atoms with Crippen LogP contribution in [-0.4, -0.2) is 11.6 Å². The first-order chi connectivity index (χ1) is 41.9. The molecule has 86 heavy (non-hydrogen) atoms. The molecule has 2 aromatic heterocycles. The van der Waals surface area contributed by atoms with E-state index >= 15 is 0 Å². The van der Waals surface area contributed by atoms with Crippen LogP contribution in [0.5, 0.6) is 0 Å². The summed E-state index contributed by atoms with van der Waals surface area (Å²) in [4.78, 5) is 30.2. The Labute approximate surface area is 505 Å². The number of hydrogen-bond acceptors (Lipinski definition) is 8. The maximum absolute atomic E-state index is 14.3. The Bertz CT molecular complexity index is 4750. The minimum atomic E-state index is -0.822. The molecule has 4 aliphatic rings. The molecule has 0 radical (unpaired) electrons. The fourth-order valence-electron chi connectivity index (χ4n) is 14.1. The van der Waals surface area contributed by atoms with Crippen molar-refractivity contribution in [3.05, 3.63) is 315 Å². The number of rotatable bonds is 6. The van der Waals surface area contributed by atoms with Crippen LogP contribution in [0.3, 0.4) is 0 Å². The average Bonchev–Trinajstić information content (AvgIpc) is 1.50. The first kappa shape index (κ1) is 52.0. The smallest absolute Gasteiger partial charge is 0.194 e. The van der Waals surface area contributed by atoms with E-state index in [1.54, 1.807) is 59.1 Å². The Kier molecular flexibility index (Phi) is 11.7. The Morgan fingerprint density at radius 1 is 0.360 bits per heavy atom. The van der Waals surface area contributed by atoms with Crippen LogP contribution in [0.1, 0.15) is 108 Å². The number of aryl methyl sites for hydroxylation is 4. The minimum absolute atomic E-state index is 0.0972. The monoisotopic (exact) mass is 1130 g/mol. The van der Waals surface area contributed by atoms with Crippen molar-refractivity contribution in [1.29, 1.82) is 21.0 Å². The maximum Gasteiger partial charge on any atom is 0.194 e. The second kappa shape index (κ2) is 19.4. The molecule has 8 heteroatoms. The van der Waals surface area contributed by atoms with Crippen LogP contribution in [0.15, 0.2) is 216 Å².